The van der Waals surface area contributed by atoms with Crippen molar-refractivity contribution in [2.45, 2.75) is 58.9 Å². The first-order valence-corrected chi connectivity index (χ1v) is 7.50. The molecule has 19 heavy (non-hydrogen) atoms. The SMILES string of the molecule is CCNC(C)(CCCCN1CCC(C)(C)C1)C(=O)O. The van der Waals surface area contributed by atoms with Gasteiger partial charge in [0.1, 0.15) is 5.54 Å². The fourth-order valence-corrected chi connectivity index (χ4v) is 2.89. The maximum Gasteiger partial charge on any atom is 0.323 e. The quantitative estimate of drug-likeness (QED) is 0.665. The number of hydrogen-bond donors (Lipinski definition) is 2. The third-order valence-electron chi connectivity index (χ3n) is 4.20. The average molecular weight is 270 g/mol. The van der Waals surface area contributed by atoms with Crippen LogP contribution in [-0.4, -0.2) is 47.7 Å². The Hall–Kier alpha value is -0.610. The predicted molar refractivity (Wildman–Crippen MR) is 78.4 cm³/mol. The molecule has 0 aliphatic carbocycles. The molecule has 4 heteroatoms. The zero-order valence-electron chi connectivity index (χ0n) is 13.0. The van der Waals surface area contributed by atoms with Crippen molar-refractivity contribution in [3.63, 3.8) is 0 Å². The number of carbonyl (C=O) groups is 1. The summed E-state index contributed by atoms with van der Waals surface area (Å²) in [7, 11) is 0. The van der Waals surface area contributed by atoms with E-state index in [9.17, 15) is 9.90 Å². The molecule has 2 N–H and O–H groups in total. The summed E-state index contributed by atoms with van der Waals surface area (Å²) in [6.45, 7) is 12.5. The molecule has 4 nitrogen and oxygen atoms in total. The number of nitrogens with one attached hydrogen (secondary N) is 1. The Labute approximate surface area is 117 Å². The summed E-state index contributed by atoms with van der Waals surface area (Å²) >= 11 is 0. The number of carboxylic acids is 1. The van der Waals surface area contributed by atoms with Crippen molar-refractivity contribution >= 4 is 5.97 Å². The van der Waals surface area contributed by atoms with Gasteiger partial charge in [-0.15, -0.1) is 0 Å². The highest BCUT2D eigenvalue weighted by atomic mass is 16.4. The largest absolute Gasteiger partial charge is 0.480 e. The molecule has 1 rings (SSSR count). The van der Waals surface area contributed by atoms with Crippen LogP contribution in [0.15, 0.2) is 0 Å². The van der Waals surface area contributed by atoms with Crippen LogP contribution in [0.4, 0.5) is 0 Å². The standard InChI is InChI=1S/C15H30N2O2/c1-5-16-15(4,13(18)19)8-6-7-10-17-11-9-14(2,3)12-17/h16H,5-12H2,1-4H3,(H,18,19). The number of nitrogens with zero attached hydrogens (tertiary/aromatic N) is 1. The Balaban J connectivity index is 2.24. The van der Waals surface area contributed by atoms with Gasteiger partial charge in [0.05, 0.1) is 0 Å². The van der Waals surface area contributed by atoms with E-state index in [1.807, 2.05) is 6.92 Å². The number of aliphatic carboxylic acids is 1. The second-order valence-corrected chi connectivity index (χ2v) is 6.82. The molecule has 1 unspecified atom stereocenters. The van der Waals surface area contributed by atoms with Crippen LogP contribution in [0.3, 0.4) is 0 Å². The summed E-state index contributed by atoms with van der Waals surface area (Å²) in [5, 5.41) is 12.4. The molecule has 0 saturated carbocycles. The van der Waals surface area contributed by atoms with E-state index in [-0.39, 0.29) is 0 Å². The van der Waals surface area contributed by atoms with E-state index in [4.69, 9.17) is 0 Å². The third kappa shape index (κ3) is 5.11. The molecule has 0 aromatic rings. The van der Waals surface area contributed by atoms with Crippen molar-refractivity contribution in [1.82, 2.24) is 10.2 Å². The van der Waals surface area contributed by atoms with Gasteiger partial charge in [0.15, 0.2) is 0 Å². The molecule has 1 heterocycles. The topological polar surface area (TPSA) is 52.6 Å². The van der Waals surface area contributed by atoms with Crippen LogP contribution < -0.4 is 5.32 Å². The Morgan fingerprint density at radius 2 is 2.11 bits per heavy atom. The number of unbranched alkanes of at least 4 members (excludes halogenated alkanes) is 1. The number of likely N-dealkylation sites (N-methyl/N-ethyl adjacent to an activating group) is 1. The fourth-order valence-electron chi connectivity index (χ4n) is 2.89. The first-order chi connectivity index (χ1) is 8.79. The normalized spacial score (nSPS) is 22.3. The lowest BCUT2D eigenvalue weighted by Crippen LogP contribution is -2.49. The molecule has 1 aliphatic heterocycles. The summed E-state index contributed by atoms with van der Waals surface area (Å²) in [6, 6.07) is 0. The third-order valence-corrected chi connectivity index (χ3v) is 4.20. The van der Waals surface area contributed by atoms with Gasteiger partial charge >= 0.3 is 5.97 Å². The Morgan fingerprint density at radius 1 is 1.42 bits per heavy atom. The molecule has 1 saturated heterocycles. The summed E-state index contributed by atoms with van der Waals surface area (Å²) in [4.78, 5) is 13.8. The van der Waals surface area contributed by atoms with Crippen molar-refractivity contribution in [2.75, 3.05) is 26.2 Å². The van der Waals surface area contributed by atoms with E-state index in [0.29, 0.717) is 18.4 Å². The maximum atomic E-state index is 11.3. The summed E-state index contributed by atoms with van der Waals surface area (Å²) < 4.78 is 0. The molecule has 0 bridgehead atoms. The Morgan fingerprint density at radius 3 is 2.58 bits per heavy atom. The second kappa shape index (κ2) is 6.71. The highest BCUT2D eigenvalue weighted by Crippen LogP contribution is 2.28. The van der Waals surface area contributed by atoms with Gasteiger partial charge in [0.2, 0.25) is 0 Å². The zero-order valence-corrected chi connectivity index (χ0v) is 13.0. The van der Waals surface area contributed by atoms with Crippen molar-refractivity contribution < 1.29 is 9.90 Å². The summed E-state index contributed by atoms with van der Waals surface area (Å²) in [5.41, 5.74) is -0.307. The Bertz CT molecular complexity index is 305. The maximum absolute atomic E-state index is 11.3. The van der Waals surface area contributed by atoms with Gasteiger partial charge in [-0.25, -0.2) is 0 Å². The molecule has 112 valence electrons. The van der Waals surface area contributed by atoms with Crippen LogP contribution in [0.25, 0.3) is 0 Å². The molecule has 0 amide bonds. The average Bonchev–Trinajstić information content (AvgIpc) is 2.65. The predicted octanol–water partition coefficient (Wildman–Crippen LogP) is 2.34. The van der Waals surface area contributed by atoms with E-state index in [1.165, 1.54) is 19.5 Å². The molecule has 0 radical (unpaired) electrons. The molecule has 1 atom stereocenters. The van der Waals surface area contributed by atoms with Gasteiger partial charge in [-0.1, -0.05) is 20.8 Å². The van der Waals surface area contributed by atoms with Gasteiger partial charge in [-0.05, 0) is 57.7 Å². The van der Waals surface area contributed by atoms with E-state index in [0.717, 1.165) is 19.4 Å². The smallest absolute Gasteiger partial charge is 0.323 e. The molecule has 0 aromatic carbocycles. The Kier molecular flexibility index (Phi) is 5.81. The van der Waals surface area contributed by atoms with Crippen molar-refractivity contribution in [1.29, 1.82) is 0 Å². The molecule has 0 aromatic heterocycles. The minimum Gasteiger partial charge on any atom is -0.480 e. The lowest BCUT2D eigenvalue weighted by molar-refractivity contribution is -0.144. The van der Waals surface area contributed by atoms with Gasteiger partial charge in [0.25, 0.3) is 0 Å². The first-order valence-electron chi connectivity index (χ1n) is 7.50. The number of hydrogen-bond acceptors (Lipinski definition) is 3. The number of carboxylic acid groups (broad SMARTS) is 1. The lowest BCUT2D eigenvalue weighted by Gasteiger charge is -2.26. The van der Waals surface area contributed by atoms with Gasteiger partial charge in [-0.2, -0.15) is 0 Å². The van der Waals surface area contributed by atoms with E-state index < -0.39 is 11.5 Å². The minimum absolute atomic E-state index is 0.458. The monoisotopic (exact) mass is 270 g/mol. The van der Waals surface area contributed by atoms with Crippen LogP contribution in [0, 0.1) is 5.41 Å². The van der Waals surface area contributed by atoms with Crippen LogP contribution in [0.1, 0.15) is 53.4 Å². The van der Waals surface area contributed by atoms with Crippen LogP contribution in [-0.2, 0) is 4.79 Å². The van der Waals surface area contributed by atoms with Crippen molar-refractivity contribution in [3.05, 3.63) is 0 Å². The first kappa shape index (κ1) is 16.4. The van der Waals surface area contributed by atoms with E-state index >= 15 is 0 Å². The minimum atomic E-state index is -0.765. The summed E-state index contributed by atoms with van der Waals surface area (Å²) in [6.07, 6.45) is 4.03. The number of likely N-dealkylation sites (tertiary alicyclic amines) is 1. The number of rotatable bonds is 8. The summed E-state index contributed by atoms with van der Waals surface area (Å²) in [5.74, 6) is -0.739. The zero-order chi connectivity index (χ0) is 14.5. The lowest BCUT2D eigenvalue weighted by atomic mass is 9.93. The molecule has 1 fully saturated rings. The van der Waals surface area contributed by atoms with Crippen LogP contribution >= 0.6 is 0 Å². The highest BCUT2D eigenvalue weighted by molar-refractivity contribution is 5.78. The van der Waals surface area contributed by atoms with E-state index in [2.05, 4.69) is 24.1 Å². The van der Waals surface area contributed by atoms with Gasteiger partial charge < -0.3 is 15.3 Å². The van der Waals surface area contributed by atoms with Crippen LogP contribution in [0.5, 0.6) is 0 Å². The molecular weight excluding hydrogens is 240 g/mol. The highest BCUT2D eigenvalue weighted by Gasteiger charge is 2.32. The van der Waals surface area contributed by atoms with Gasteiger partial charge in [0, 0.05) is 6.54 Å². The van der Waals surface area contributed by atoms with Crippen molar-refractivity contribution in [3.8, 4) is 0 Å². The molecule has 1 aliphatic rings. The van der Waals surface area contributed by atoms with Crippen LogP contribution in [0.2, 0.25) is 0 Å². The molecule has 0 spiro atoms. The van der Waals surface area contributed by atoms with Gasteiger partial charge in [-0.3, -0.25) is 4.79 Å². The van der Waals surface area contributed by atoms with Crippen molar-refractivity contribution in [2.24, 2.45) is 5.41 Å². The fraction of sp³-hybridized carbons (Fsp3) is 0.933. The molecular formula is C15H30N2O2. The van der Waals surface area contributed by atoms with E-state index in [1.54, 1.807) is 6.92 Å². The second-order valence-electron chi connectivity index (χ2n) is 6.82.